The molecular weight excluding hydrogens is 316 g/mol. The first-order chi connectivity index (χ1) is 12.1. The Kier molecular flexibility index (Phi) is 4.19. The zero-order valence-electron chi connectivity index (χ0n) is 14.7. The monoisotopic (exact) mass is 340 g/mol. The third kappa shape index (κ3) is 3.25. The number of aromatic nitrogens is 2. The van der Waals surface area contributed by atoms with Crippen molar-refractivity contribution < 1.29 is 9.21 Å². The van der Waals surface area contributed by atoms with Crippen LogP contribution in [0.2, 0.25) is 0 Å². The molecule has 1 aliphatic carbocycles. The molecule has 2 aliphatic rings. The number of urea groups is 1. The molecule has 6 nitrogen and oxygen atoms in total. The van der Waals surface area contributed by atoms with Gasteiger partial charge < -0.3 is 9.73 Å². The van der Waals surface area contributed by atoms with Gasteiger partial charge in [0, 0.05) is 24.6 Å². The largest absolute Gasteiger partial charge is 0.423 e. The van der Waals surface area contributed by atoms with Crippen LogP contribution < -0.4 is 10.2 Å². The fourth-order valence-electron chi connectivity index (χ4n) is 3.26. The average Bonchev–Trinajstić information content (AvgIpc) is 3.19. The minimum absolute atomic E-state index is 0.0956. The van der Waals surface area contributed by atoms with Crippen LogP contribution in [0.15, 0.2) is 28.7 Å². The smallest absolute Gasteiger partial charge is 0.322 e. The summed E-state index contributed by atoms with van der Waals surface area (Å²) in [6, 6.07) is 7.67. The molecule has 0 spiro atoms. The van der Waals surface area contributed by atoms with Crippen LogP contribution >= 0.6 is 0 Å². The Morgan fingerprint density at radius 3 is 2.80 bits per heavy atom. The number of hydrogen-bond acceptors (Lipinski definition) is 4. The highest BCUT2D eigenvalue weighted by Crippen LogP contribution is 2.43. The second-order valence-electron chi connectivity index (χ2n) is 7.39. The summed E-state index contributed by atoms with van der Waals surface area (Å²) in [4.78, 5) is 14.6. The van der Waals surface area contributed by atoms with Crippen molar-refractivity contribution in [3.63, 3.8) is 0 Å². The van der Waals surface area contributed by atoms with Gasteiger partial charge in [0.25, 0.3) is 0 Å². The molecule has 25 heavy (non-hydrogen) atoms. The maximum absolute atomic E-state index is 12.9. The van der Waals surface area contributed by atoms with E-state index < -0.39 is 0 Å². The second-order valence-corrected chi connectivity index (χ2v) is 7.39. The van der Waals surface area contributed by atoms with Gasteiger partial charge >= 0.3 is 6.03 Å². The van der Waals surface area contributed by atoms with Gasteiger partial charge in [-0.25, -0.2) is 4.79 Å². The Morgan fingerprint density at radius 2 is 2.04 bits per heavy atom. The summed E-state index contributed by atoms with van der Waals surface area (Å²) in [5, 5.41) is 11.5. The Hall–Kier alpha value is -2.37. The van der Waals surface area contributed by atoms with Crippen LogP contribution in [0.4, 0.5) is 10.5 Å². The molecule has 132 valence electrons. The molecular formula is C19H24N4O2. The van der Waals surface area contributed by atoms with E-state index in [1.807, 2.05) is 18.2 Å². The number of para-hydroxylation sites is 1. The Labute approximate surface area is 147 Å². The molecule has 1 unspecified atom stereocenters. The van der Waals surface area contributed by atoms with Crippen molar-refractivity contribution in [1.29, 1.82) is 0 Å². The Morgan fingerprint density at radius 1 is 1.28 bits per heavy atom. The molecule has 0 saturated heterocycles. The van der Waals surface area contributed by atoms with Gasteiger partial charge in [-0.2, -0.15) is 0 Å². The normalized spacial score (nSPS) is 19.3. The third-order valence-corrected chi connectivity index (χ3v) is 4.86. The molecule has 2 amide bonds. The van der Waals surface area contributed by atoms with Crippen molar-refractivity contribution in [2.24, 2.45) is 5.92 Å². The fraction of sp³-hybridized carbons (Fsp3) is 0.526. The first-order valence-electron chi connectivity index (χ1n) is 9.11. The lowest BCUT2D eigenvalue weighted by Crippen LogP contribution is -2.41. The molecule has 2 aromatic rings. The minimum Gasteiger partial charge on any atom is -0.423 e. The van der Waals surface area contributed by atoms with Gasteiger partial charge in [-0.1, -0.05) is 32.0 Å². The molecule has 0 bridgehead atoms. The number of anilines is 1. The molecule has 1 aromatic carbocycles. The summed E-state index contributed by atoms with van der Waals surface area (Å²) in [5.74, 6) is 2.22. The summed E-state index contributed by atoms with van der Waals surface area (Å²) in [7, 11) is 0. The molecule has 1 saturated carbocycles. The lowest BCUT2D eigenvalue weighted by molar-refractivity contribution is 0.242. The molecule has 1 aromatic heterocycles. The Balaban J connectivity index is 1.57. The quantitative estimate of drug-likeness (QED) is 0.898. The van der Waals surface area contributed by atoms with Crippen LogP contribution in [0.1, 0.15) is 62.4 Å². The van der Waals surface area contributed by atoms with E-state index in [1.165, 1.54) is 0 Å². The van der Waals surface area contributed by atoms with Gasteiger partial charge in [-0.05, 0) is 36.8 Å². The summed E-state index contributed by atoms with van der Waals surface area (Å²) in [5.41, 5.74) is 2.07. The van der Waals surface area contributed by atoms with Crippen molar-refractivity contribution in [1.82, 2.24) is 15.5 Å². The number of amides is 2. The maximum Gasteiger partial charge on any atom is 0.322 e. The minimum atomic E-state index is -0.226. The average molecular weight is 340 g/mol. The number of nitrogens with one attached hydrogen (secondary N) is 1. The number of nitrogens with zero attached hydrogens (tertiary/aromatic N) is 3. The van der Waals surface area contributed by atoms with E-state index in [-0.39, 0.29) is 12.1 Å². The number of benzene rings is 1. The van der Waals surface area contributed by atoms with E-state index in [0.717, 1.165) is 30.5 Å². The topological polar surface area (TPSA) is 71.3 Å². The SMILES string of the molecule is CC(C)CCNC(=O)N1c2ccccc2CC1c1nnc(C2CC2)o1. The Bertz CT molecular complexity index is 766. The van der Waals surface area contributed by atoms with Crippen molar-refractivity contribution in [2.75, 3.05) is 11.4 Å². The van der Waals surface area contributed by atoms with E-state index in [1.54, 1.807) is 4.90 Å². The van der Waals surface area contributed by atoms with Crippen molar-refractivity contribution in [3.8, 4) is 0 Å². The number of carbonyl (C=O) groups excluding carboxylic acids is 1. The number of rotatable bonds is 5. The van der Waals surface area contributed by atoms with Gasteiger partial charge in [0.15, 0.2) is 0 Å². The standard InChI is InChI=1S/C19H24N4O2/c1-12(2)9-10-20-19(24)23-15-6-4-3-5-14(15)11-16(23)18-22-21-17(25-18)13-7-8-13/h3-6,12-13,16H,7-11H2,1-2H3,(H,20,24). The first kappa shape index (κ1) is 16.1. The van der Waals surface area contributed by atoms with Gasteiger partial charge in [-0.15, -0.1) is 10.2 Å². The van der Waals surface area contributed by atoms with Gasteiger partial charge in [-0.3, -0.25) is 4.90 Å². The van der Waals surface area contributed by atoms with Gasteiger partial charge in [0.05, 0.1) is 0 Å². The molecule has 4 rings (SSSR count). The fourth-order valence-corrected chi connectivity index (χ4v) is 3.26. The molecule has 1 atom stereocenters. The molecule has 1 fully saturated rings. The van der Waals surface area contributed by atoms with E-state index in [2.05, 4.69) is 35.4 Å². The van der Waals surface area contributed by atoms with E-state index in [9.17, 15) is 4.79 Å². The maximum atomic E-state index is 12.9. The van der Waals surface area contributed by atoms with Crippen LogP contribution in [-0.4, -0.2) is 22.8 Å². The van der Waals surface area contributed by atoms with Gasteiger partial charge in [0.1, 0.15) is 6.04 Å². The first-order valence-corrected chi connectivity index (χ1v) is 9.11. The van der Waals surface area contributed by atoms with Crippen molar-refractivity contribution in [3.05, 3.63) is 41.6 Å². The summed E-state index contributed by atoms with van der Waals surface area (Å²) >= 11 is 0. The predicted molar refractivity (Wildman–Crippen MR) is 94.5 cm³/mol. The lowest BCUT2D eigenvalue weighted by Gasteiger charge is -2.23. The zero-order chi connectivity index (χ0) is 17.4. The lowest BCUT2D eigenvalue weighted by atomic mass is 10.1. The molecule has 1 N–H and O–H groups in total. The predicted octanol–water partition coefficient (Wildman–Crippen LogP) is 3.81. The second kappa shape index (κ2) is 6.50. The van der Waals surface area contributed by atoms with Crippen LogP contribution in [-0.2, 0) is 6.42 Å². The van der Waals surface area contributed by atoms with E-state index in [0.29, 0.717) is 36.6 Å². The number of carbonyl (C=O) groups is 1. The van der Waals surface area contributed by atoms with Gasteiger partial charge in [0.2, 0.25) is 11.8 Å². The summed E-state index contributed by atoms with van der Waals surface area (Å²) < 4.78 is 5.90. The molecule has 0 radical (unpaired) electrons. The van der Waals surface area contributed by atoms with E-state index >= 15 is 0 Å². The number of fused-ring (bicyclic) bond motifs is 1. The van der Waals surface area contributed by atoms with Crippen molar-refractivity contribution >= 4 is 11.7 Å². The highest BCUT2D eigenvalue weighted by molar-refractivity contribution is 5.95. The molecule has 2 heterocycles. The number of hydrogen-bond donors (Lipinski definition) is 1. The molecule has 6 heteroatoms. The van der Waals surface area contributed by atoms with Crippen LogP contribution in [0.3, 0.4) is 0 Å². The van der Waals surface area contributed by atoms with E-state index in [4.69, 9.17) is 4.42 Å². The summed E-state index contributed by atoms with van der Waals surface area (Å²) in [6.45, 7) is 4.97. The summed E-state index contributed by atoms with van der Waals surface area (Å²) in [6.07, 6.45) is 3.90. The third-order valence-electron chi connectivity index (χ3n) is 4.86. The van der Waals surface area contributed by atoms with Crippen LogP contribution in [0.25, 0.3) is 0 Å². The zero-order valence-corrected chi connectivity index (χ0v) is 14.7. The molecule has 1 aliphatic heterocycles. The van der Waals surface area contributed by atoms with Crippen LogP contribution in [0, 0.1) is 5.92 Å². The highest BCUT2D eigenvalue weighted by Gasteiger charge is 2.39. The highest BCUT2D eigenvalue weighted by atomic mass is 16.4. The van der Waals surface area contributed by atoms with Crippen LogP contribution in [0.5, 0.6) is 0 Å². The van der Waals surface area contributed by atoms with Crippen molar-refractivity contribution in [2.45, 2.75) is 51.5 Å².